The van der Waals surface area contributed by atoms with Crippen LogP contribution in [-0.2, 0) is 17.6 Å². The molecule has 1 aliphatic rings. The quantitative estimate of drug-likeness (QED) is 0.333. The number of hydrogen-bond donors (Lipinski definition) is 1. The number of esters is 1. The van der Waals surface area contributed by atoms with Crippen molar-refractivity contribution >= 4 is 28.2 Å². The molecular weight excluding hydrogens is 438 g/mol. The second kappa shape index (κ2) is 11.0. The van der Waals surface area contributed by atoms with Gasteiger partial charge in [0.15, 0.2) is 0 Å². The van der Waals surface area contributed by atoms with E-state index in [1.165, 1.54) is 11.3 Å². The summed E-state index contributed by atoms with van der Waals surface area (Å²) in [5.41, 5.74) is 1.99. The second-order valence-electron chi connectivity index (χ2n) is 7.63. The summed E-state index contributed by atoms with van der Waals surface area (Å²) in [6, 6.07) is 16.5. The first-order chi connectivity index (χ1) is 16.2. The maximum Gasteiger partial charge on any atom is 0.341 e. The Bertz CT molecular complexity index is 1110. The van der Waals surface area contributed by atoms with Gasteiger partial charge in [-0.05, 0) is 68.5 Å². The molecule has 7 heteroatoms. The second-order valence-corrected chi connectivity index (χ2v) is 8.73. The van der Waals surface area contributed by atoms with Crippen molar-refractivity contribution in [3.05, 3.63) is 76.2 Å². The van der Waals surface area contributed by atoms with E-state index in [1.807, 2.05) is 30.3 Å². The molecule has 0 radical (unpaired) electrons. The summed E-state index contributed by atoms with van der Waals surface area (Å²) in [6.07, 6.45) is 3.90. The van der Waals surface area contributed by atoms with Crippen LogP contribution in [0.1, 0.15) is 50.9 Å². The minimum absolute atomic E-state index is 0.287. The number of amides is 1. The summed E-state index contributed by atoms with van der Waals surface area (Å²) >= 11 is 1.48. The number of carbonyl (C=O) groups is 2. The van der Waals surface area contributed by atoms with E-state index in [4.69, 9.17) is 14.2 Å². The average Bonchev–Trinajstić information content (AvgIpc) is 3.20. The molecule has 1 amide bonds. The third kappa shape index (κ3) is 5.73. The molecule has 0 unspecified atom stereocenters. The molecule has 1 heterocycles. The number of para-hydroxylation sites is 1. The van der Waals surface area contributed by atoms with Crippen molar-refractivity contribution in [1.82, 2.24) is 0 Å². The largest absolute Gasteiger partial charge is 0.490 e. The maximum atomic E-state index is 13.0. The van der Waals surface area contributed by atoms with Gasteiger partial charge in [-0.1, -0.05) is 24.3 Å². The Labute approximate surface area is 197 Å². The van der Waals surface area contributed by atoms with Crippen molar-refractivity contribution < 1.29 is 23.8 Å². The molecule has 0 spiro atoms. The Kier molecular flexibility index (Phi) is 7.62. The Morgan fingerprint density at radius 2 is 1.67 bits per heavy atom. The van der Waals surface area contributed by atoms with Crippen LogP contribution in [0.25, 0.3) is 0 Å². The molecule has 4 rings (SSSR count). The van der Waals surface area contributed by atoms with Gasteiger partial charge in [-0.25, -0.2) is 4.79 Å². The summed E-state index contributed by atoms with van der Waals surface area (Å²) in [6.45, 7) is 2.82. The highest BCUT2D eigenvalue weighted by molar-refractivity contribution is 7.17. The third-order valence-electron chi connectivity index (χ3n) is 5.34. The van der Waals surface area contributed by atoms with Crippen LogP contribution in [0.4, 0.5) is 5.00 Å². The number of fused-ring (bicyclic) bond motifs is 1. The summed E-state index contributed by atoms with van der Waals surface area (Å²) in [4.78, 5) is 26.8. The van der Waals surface area contributed by atoms with Gasteiger partial charge in [0.25, 0.3) is 5.91 Å². The number of benzene rings is 2. The lowest BCUT2D eigenvalue weighted by Gasteiger charge is -2.12. The molecule has 0 saturated heterocycles. The van der Waals surface area contributed by atoms with Crippen molar-refractivity contribution in [1.29, 1.82) is 0 Å². The molecule has 0 fully saturated rings. The number of ether oxygens (including phenoxy) is 3. The fourth-order valence-corrected chi connectivity index (χ4v) is 5.08. The van der Waals surface area contributed by atoms with E-state index in [2.05, 4.69) is 5.32 Å². The van der Waals surface area contributed by atoms with Gasteiger partial charge in [-0.3, -0.25) is 4.79 Å². The number of hydrogen-bond acceptors (Lipinski definition) is 6. The van der Waals surface area contributed by atoms with Crippen LogP contribution in [0.2, 0.25) is 0 Å². The van der Waals surface area contributed by atoms with Gasteiger partial charge in [0, 0.05) is 10.4 Å². The van der Waals surface area contributed by atoms with Gasteiger partial charge < -0.3 is 19.5 Å². The molecule has 3 aromatic rings. The zero-order chi connectivity index (χ0) is 23.0. The maximum absolute atomic E-state index is 13.0. The molecule has 0 saturated carbocycles. The van der Waals surface area contributed by atoms with Crippen molar-refractivity contribution in [2.75, 3.05) is 25.1 Å². The lowest BCUT2D eigenvalue weighted by Crippen LogP contribution is -2.16. The number of carbonyl (C=O) groups excluding carboxylic acids is 2. The van der Waals surface area contributed by atoms with Crippen molar-refractivity contribution in [3.63, 3.8) is 0 Å². The van der Waals surface area contributed by atoms with E-state index in [-0.39, 0.29) is 11.9 Å². The molecule has 1 N–H and O–H groups in total. The zero-order valence-corrected chi connectivity index (χ0v) is 19.4. The van der Waals surface area contributed by atoms with Crippen LogP contribution >= 0.6 is 11.3 Å². The number of thiophene rings is 1. The van der Waals surface area contributed by atoms with Crippen LogP contribution < -0.4 is 14.8 Å². The first kappa shape index (κ1) is 22.9. The Morgan fingerprint density at radius 1 is 0.939 bits per heavy atom. The molecule has 33 heavy (non-hydrogen) atoms. The van der Waals surface area contributed by atoms with Gasteiger partial charge in [0.1, 0.15) is 29.7 Å². The molecule has 1 aliphatic carbocycles. The molecule has 0 aliphatic heterocycles. The van der Waals surface area contributed by atoms with Gasteiger partial charge in [-0.15, -0.1) is 11.3 Å². The minimum Gasteiger partial charge on any atom is -0.490 e. The van der Waals surface area contributed by atoms with Crippen molar-refractivity contribution in [2.45, 2.75) is 32.6 Å². The standard InChI is InChI=1S/C26H27NO5S/c1-2-30-26(29)23-21-13-6-7-14-22(21)33-25(23)27-24(28)18-9-8-12-20(17-18)32-16-15-31-19-10-4-3-5-11-19/h3-5,8-12,17H,2,6-7,13-16H2,1H3,(H,27,28). The highest BCUT2D eigenvalue weighted by Crippen LogP contribution is 2.38. The normalized spacial score (nSPS) is 12.5. The summed E-state index contributed by atoms with van der Waals surface area (Å²) in [5.74, 6) is 0.702. The van der Waals surface area contributed by atoms with Crippen molar-refractivity contribution in [3.8, 4) is 11.5 Å². The fraction of sp³-hybridized carbons (Fsp3) is 0.308. The first-order valence-electron chi connectivity index (χ1n) is 11.2. The van der Waals surface area contributed by atoms with Gasteiger partial charge in [0.2, 0.25) is 0 Å². The van der Waals surface area contributed by atoms with Crippen LogP contribution in [0.15, 0.2) is 54.6 Å². The monoisotopic (exact) mass is 465 g/mol. The van der Waals surface area contributed by atoms with E-state index in [9.17, 15) is 9.59 Å². The lowest BCUT2D eigenvalue weighted by atomic mass is 9.95. The summed E-state index contributed by atoms with van der Waals surface area (Å²) in [5, 5.41) is 3.50. The topological polar surface area (TPSA) is 73.9 Å². The number of rotatable bonds is 9. The van der Waals surface area contributed by atoms with Gasteiger partial charge >= 0.3 is 5.97 Å². The van der Waals surface area contributed by atoms with Crippen LogP contribution in [0.5, 0.6) is 11.5 Å². The molecular formula is C26H27NO5S. The smallest absolute Gasteiger partial charge is 0.341 e. The van der Waals surface area contributed by atoms with Crippen LogP contribution in [0.3, 0.4) is 0 Å². The first-order valence-corrected chi connectivity index (χ1v) is 12.0. The van der Waals surface area contributed by atoms with E-state index in [0.29, 0.717) is 41.7 Å². The molecule has 1 aromatic heterocycles. The summed E-state index contributed by atoms with van der Waals surface area (Å²) < 4.78 is 16.7. The van der Waals surface area contributed by atoms with Crippen molar-refractivity contribution in [2.24, 2.45) is 0 Å². The van der Waals surface area contributed by atoms with Crippen LogP contribution in [0, 0.1) is 0 Å². The molecule has 6 nitrogen and oxygen atoms in total. The predicted octanol–water partition coefficient (Wildman–Crippen LogP) is 5.51. The average molecular weight is 466 g/mol. The highest BCUT2D eigenvalue weighted by Gasteiger charge is 2.27. The zero-order valence-electron chi connectivity index (χ0n) is 18.6. The molecule has 0 bridgehead atoms. The number of nitrogens with one attached hydrogen (secondary N) is 1. The van der Waals surface area contributed by atoms with Crippen LogP contribution in [-0.4, -0.2) is 31.7 Å². The van der Waals surface area contributed by atoms with E-state index >= 15 is 0 Å². The Morgan fingerprint density at radius 3 is 2.45 bits per heavy atom. The summed E-state index contributed by atoms with van der Waals surface area (Å²) in [7, 11) is 0. The van der Waals surface area contributed by atoms with Gasteiger partial charge in [-0.2, -0.15) is 0 Å². The SMILES string of the molecule is CCOC(=O)c1c(NC(=O)c2cccc(OCCOc3ccccc3)c2)sc2c1CCCC2. The Hall–Kier alpha value is -3.32. The van der Waals surface area contributed by atoms with E-state index in [0.717, 1.165) is 41.9 Å². The van der Waals surface area contributed by atoms with E-state index < -0.39 is 0 Å². The lowest BCUT2D eigenvalue weighted by molar-refractivity contribution is 0.0526. The predicted molar refractivity (Wildman–Crippen MR) is 129 cm³/mol. The highest BCUT2D eigenvalue weighted by atomic mass is 32.1. The molecule has 2 aromatic carbocycles. The van der Waals surface area contributed by atoms with E-state index in [1.54, 1.807) is 31.2 Å². The van der Waals surface area contributed by atoms with Gasteiger partial charge in [0.05, 0.1) is 12.2 Å². The third-order valence-corrected chi connectivity index (χ3v) is 6.55. The molecule has 172 valence electrons. The molecule has 0 atom stereocenters. The number of anilines is 1. The Balaban J connectivity index is 1.41. The fourth-order valence-electron chi connectivity index (χ4n) is 3.81. The number of aryl methyl sites for hydroxylation is 1. The minimum atomic E-state index is -0.372.